The maximum absolute atomic E-state index is 12.2. The Hall–Kier alpha value is -0.150. The summed E-state index contributed by atoms with van der Waals surface area (Å²) in [6.45, 7) is 2.56. The SMILES string of the molecule is CC1(C)[C@@H](C(=O)[O-])N2C(=O)C(Br)(Br)[C@H]2S1(=O)=O. The molecule has 2 aliphatic rings. The van der Waals surface area contributed by atoms with Crippen molar-refractivity contribution in [3.63, 3.8) is 0 Å². The molecular formula is C8H8Br2NO5S-. The molecule has 0 spiro atoms. The van der Waals surface area contributed by atoms with Crippen LogP contribution >= 0.6 is 31.9 Å². The quantitative estimate of drug-likeness (QED) is 0.422. The van der Waals surface area contributed by atoms with Crippen LogP contribution in [0.2, 0.25) is 0 Å². The van der Waals surface area contributed by atoms with E-state index in [1.54, 1.807) is 0 Å². The third-order valence-corrected chi connectivity index (χ3v) is 8.28. The summed E-state index contributed by atoms with van der Waals surface area (Å²) in [4.78, 5) is 23.6. The number of carboxylic acid groups (broad SMARTS) is 1. The highest BCUT2D eigenvalue weighted by molar-refractivity contribution is 9.26. The number of carboxylic acids is 1. The van der Waals surface area contributed by atoms with Gasteiger partial charge in [0.05, 0.1) is 16.8 Å². The second-order valence-corrected chi connectivity index (χ2v) is 10.7. The third kappa shape index (κ3) is 1.27. The fourth-order valence-corrected chi connectivity index (χ4v) is 6.70. The van der Waals surface area contributed by atoms with Crippen LogP contribution in [-0.4, -0.2) is 44.6 Å². The van der Waals surface area contributed by atoms with Crippen LogP contribution in [0.25, 0.3) is 0 Å². The Balaban J connectivity index is 2.65. The van der Waals surface area contributed by atoms with Gasteiger partial charge >= 0.3 is 0 Å². The van der Waals surface area contributed by atoms with Crippen LogP contribution in [-0.2, 0) is 19.4 Å². The van der Waals surface area contributed by atoms with Gasteiger partial charge in [-0.2, -0.15) is 0 Å². The number of rotatable bonds is 1. The molecule has 1 amide bonds. The number of hydrogen-bond donors (Lipinski definition) is 0. The van der Waals surface area contributed by atoms with Crippen molar-refractivity contribution < 1.29 is 23.1 Å². The average molecular weight is 390 g/mol. The molecule has 2 heterocycles. The predicted octanol–water partition coefficient (Wildman–Crippen LogP) is -1.03. The predicted molar refractivity (Wildman–Crippen MR) is 63.0 cm³/mol. The number of halogens is 2. The summed E-state index contributed by atoms with van der Waals surface area (Å²) in [5, 5.41) is 9.83. The molecule has 2 fully saturated rings. The normalized spacial score (nSPS) is 36.2. The Bertz CT molecular complexity index is 526. The van der Waals surface area contributed by atoms with Crippen molar-refractivity contribution in [3.8, 4) is 0 Å². The number of sulfone groups is 1. The molecule has 17 heavy (non-hydrogen) atoms. The molecule has 0 aromatic carbocycles. The first-order valence-electron chi connectivity index (χ1n) is 4.62. The third-order valence-electron chi connectivity index (χ3n) is 3.27. The number of hydrogen-bond acceptors (Lipinski definition) is 5. The van der Waals surface area contributed by atoms with Crippen LogP contribution in [0, 0.1) is 0 Å². The molecule has 0 unspecified atom stereocenters. The highest BCUT2D eigenvalue weighted by atomic mass is 79.9. The molecular weight excluding hydrogens is 382 g/mol. The van der Waals surface area contributed by atoms with Gasteiger partial charge in [-0.05, 0) is 13.8 Å². The van der Waals surface area contributed by atoms with Gasteiger partial charge in [0, 0.05) is 0 Å². The van der Waals surface area contributed by atoms with E-state index in [9.17, 15) is 23.1 Å². The van der Waals surface area contributed by atoms with Crippen LogP contribution in [0.1, 0.15) is 13.8 Å². The van der Waals surface area contributed by atoms with Crippen LogP contribution in [0.15, 0.2) is 0 Å². The molecule has 0 saturated carbocycles. The molecule has 0 aliphatic carbocycles. The first-order valence-corrected chi connectivity index (χ1v) is 7.75. The topological polar surface area (TPSA) is 94.6 Å². The number of carbonyl (C=O) groups is 2. The van der Waals surface area contributed by atoms with Crippen LogP contribution < -0.4 is 5.11 Å². The van der Waals surface area contributed by atoms with E-state index in [1.807, 2.05) is 0 Å². The fourth-order valence-electron chi connectivity index (χ4n) is 2.27. The molecule has 2 rings (SSSR count). The van der Waals surface area contributed by atoms with Crippen molar-refractivity contribution in [1.82, 2.24) is 4.90 Å². The van der Waals surface area contributed by atoms with Gasteiger partial charge in [0.1, 0.15) is 0 Å². The number of fused-ring (bicyclic) bond motifs is 1. The molecule has 96 valence electrons. The standard InChI is InChI=1S/C8H9Br2NO5S/c1-7(2)3(4(12)13)11-5(14)8(9,10)6(11)17(7,15)16/h3,6H,1-2H3,(H,12,13)/p-1/t3-,6-/m1/s1. The first kappa shape index (κ1) is 13.3. The summed E-state index contributed by atoms with van der Waals surface area (Å²) in [5.74, 6) is -2.18. The zero-order valence-electron chi connectivity index (χ0n) is 8.81. The van der Waals surface area contributed by atoms with Crippen molar-refractivity contribution in [1.29, 1.82) is 0 Å². The lowest BCUT2D eigenvalue weighted by molar-refractivity contribution is -0.312. The lowest BCUT2D eigenvalue weighted by atomic mass is 9.98. The maximum atomic E-state index is 12.2. The fraction of sp³-hybridized carbons (Fsp3) is 0.750. The van der Waals surface area contributed by atoms with E-state index >= 15 is 0 Å². The van der Waals surface area contributed by atoms with E-state index in [1.165, 1.54) is 13.8 Å². The van der Waals surface area contributed by atoms with E-state index in [4.69, 9.17) is 0 Å². The average Bonchev–Trinajstić information content (AvgIpc) is 2.29. The Labute approximate surface area is 115 Å². The van der Waals surface area contributed by atoms with Gasteiger partial charge in [0.25, 0.3) is 5.91 Å². The monoisotopic (exact) mass is 388 g/mol. The lowest BCUT2D eigenvalue weighted by Gasteiger charge is -2.46. The Morgan fingerprint density at radius 2 is 1.88 bits per heavy atom. The van der Waals surface area contributed by atoms with Crippen molar-refractivity contribution >= 4 is 53.6 Å². The second kappa shape index (κ2) is 3.24. The smallest absolute Gasteiger partial charge is 0.255 e. The van der Waals surface area contributed by atoms with Gasteiger partial charge < -0.3 is 14.8 Å². The maximum Gasteiger partial charge on any atom is 0.255 e. The number of amides is 1. The molecule has 9 heteroatoms. The minimum absolute atomic E-state index is 0.620. The zero-order valence-corrected chi connectivity index (χ0v) is 12.8. The molecule has 0 aromatic rings. The molecule has 0 bridgehead atoms. The number of carbonyl (C=O) groups excluding carboxylic acids is 2. The van der Waals surface area contributed by atoms with Crippen LogP contribution in [0.5, 0.6) is 0 Å². The lowest BCUT2D eigenvalue weighted by Crippen LogP contribution is -2.70. The summed E-state index contributed by atoms with van der Waals surface area (Å²) in [6, 6.07) is -1.46. The second-order valence-electron chi connectivity index (χ2n) is 4.56. The summed E-state index contributed by atoms with van der Waals surface area (Å²) >= 11 is 5.95. The molecule has 6 nitrogen and oxygen atoms in total. The first-order chi connectivity index (χ1) is 7.47. The van der Waals surface area contributed by atoms with Gasteiger partial charge in [-0.15, -0.1) is 0 Å². The summed E-state index contributed by atoms with van der Waals surface area (Å²) in [6.07, 6.45) is 0. The van der Waals surface area contributed by atoms with Crippen molar-refractivity contribution in [3.05, 3.63) is 0 Å². The number of β-lactam (4-membered cyclic amide) rings is 1. The van der Waals surface area contributed by atoms with E-state index < -0.39 is 41.1 Å². The highest BCUT2D eigenvalue weighted by Gasteiger charge is 2.75. The van der Waals surface area contributed by atoms with Gasteiger partial charge in [0.2, 0.25) is 0 Å². The Kier molecular flexibility index (Phi) is 2.53. The van der Waals surface area contributed by atoms with Crippen LogP contribution in [0.3, 0.4) is 0 Å². The minimum Gasteiger partial charge on any atom is -0.548 e. The summed E-state index contributed by atoms with van der Waals surface area (Å²) < 4.78 is 21.4. The van der Waals surface area contributed by atoms with E-state index in [2.05, 4.69) is 31.9 Å². The Morgan fingerprint density at radius 3 is 2.29 bits per heavy atom. The van der Waals surface area contributed by atoms with Crippen molar-refractivity contribution in [2.24, 2.45) is 0 Å². The molecule has 0 radical (unpaired) electrons. The largest absolute Gasteiger partial charge is 0.548 e. The Morgan fingerprint density at radius 1 is 1.41 bits per heavy atom. The summed E-state index contributed by atoms with van der Waals surface area (Å²) in [7, 11) is -3.81. The molecule has 0 N–H and O–H groups in total. The van der Waals surface area contributed by atoms with E-state index in [-0.39, 0.29) is 0 Å². The number of nitrogens with zero attached hydrogens (tertiary/aromatic N) is 1. The molecule has 2 aliphatic heterocycles. The van der Waals surface area contributed by atoms with Gasteiger partial charge in [-0.3, -0.25) is 4.79 Å². The van der Waals surface area contributed by atoms with Gasteiger partial charge in [-0.1, -0.05) is 31.9 Å². The highest BCUT2D eigenvalue weighted by Crippen LogP contribution is 2.56. The van der Waals surface area contributed by atoms with E-state index in [0.29, 0.717) is 0 Å². The molecule has 0 aromatic heterocycles. The summed E-state index contributed by atoms with van der Waals surface area (Å²) in [5.41, 5.74) is 0. The van der Waals surface area contributed by atoms with Crippen molar-refractivity contribution in [2.75, 3.05) is 0 Å². The van der Waals surface area contributed by atoms with E-state index in [0.717, 1.165) is 4.90 Å². The minimum atomic E-state index is -3.81. The van der Waals surface area contributed by atoms with Crippen LogP contribution in [0.4, 0.5) is 0 Å². The number of alkyl halides is 2. The number of aliphatic carboxylic acids is 1. The van der Waals surface area contributed by atoms with Crippen molar-refractivity contribution in [2.45, 2.75) is 33.2 Å². The van der Waals surface area contributed by atoms with Gasteiger partial charge in [-0.25, -0.2) is 8.42 Å². The van der Waals surface area contributed by atoms with Gasteiger partial charge in [0.15, 0.2) is 18.4 Å². The molecule has 2 atom stereocenters. The zero-order chi connectivity index (χ0) is 13.4. The molecule has 2 saturated heterocycles.